The molecule has 39 heavy (non-hydrogen) atoms. The van der Waals surface area contributed by atoms with Crippen molar-refractivity contribution in [1.29, 1.82) is 0 Å². The van der Waals surface area contributed by atoms with Gasteiger partial charge in [-0.15, -0.1) is 13.2 Å². The molecule has 0 aliphatic carbocycles. The lowest BCUT2D eigenvalue weighted by atomic mass is 10.1. The minimum atomic E-state index is -4.96. The fraction of sp³-hybridized carbons (Fsp3) is 0.280. The van der Waals surface area contributed by atoms with E-state index in [4.69, 9.17) is 4.74 Å². The molecule has 4 atom stereocenters. The number of aliphatic hydroxyl groups is 2. The van der Waals surface area contributed by atoms with Crippen LogP contribution in [0.4, 0.5) is 19.0 Å². The van der Waals surface area contributed by atoms with Gasteiger partial charge in [-0.05, 0) is 17.7 Å². The molecule has 0 bridgehead atoms. The van der Waals surface area contributed by atoms with Gasteiger partial charge in [0.2, 0.25) is 0 Å². The Morgan fingerprint density at radius 3 is 2.51 bits per heavy atom. The van der Waals surface area contributed by atoms with Gasteiger partial charge in [0.05, 0.1) is 11.9 Å². The Balaban J connectivity index is 1.62. The lowest BCUT2D eigenvalue weighted by molar-refractivity contribution is -0.274. The fourth-order valence-electron chi connectivity index (χ4n) is 4.24. The molecule has 1 aliphatic heterocycles. The number of alkyl halides is 3. The van der Waals surface area contributed by atoms with E-state index in [1.807, 2.05) is 30.3 Å². The Morgan fingerprint density at radius 1 is 1.08 bits per heavy atom. The lowest BCUT2D eigenvalue weighted by Gasteiger charge is -2.17. The Bertz CT molecular complexity index is 1480. The summed E-state index contributed by atoms with van der Waals surface area (Å²) in [5.74, 6) is -1.10. The van der Waals surface area contributed by atoms with Crippen LogP contribution >= 0.6 is 0 Å². The molecule has 0 spiro atoms. The van der Waals surface area contributed by atoms with Crippen molar-refractivity contribution in [3.8, 4) is 17.1 Å². The molecule has 0 saturated carbocycles. The number of anilines is 1. The summed E-state index contributed by atoms with van der Waals surface area (Å²) in [7, 11) is 1.36. The van der Waals surface area contributed by atoms with Crippen molar-refractivity contribution in [3.05, 3.63) is 66.5 Å². The third-order valence-electron chi connectivity index (χ3n) is 6.10. The molecule has 4 aromatic rings. The van der Waals surface area contributed by atoms with Crippen LogP contribution in [0.15, 0.2) is 60.9 Å². The summed E-state index contributed by atoms with van der Waals surface area (Å²) in [6.07, 6.45) is -9.41. The van der Waals surface area contributed by atoms with Gasteiger partial charge in [-0.3, -0.25) is 9.36 Å². The molecule has 1 saturated heterocycles. The highest BCUT2D eigenvalue weighted by atomic mass is 19.4. The van der Waals surface area contributed by atoms with Crippen molar-refractivity contribution in [2.75, 3.05) is 12.4 Å². The molecule has 5 rings (SSSR count). The standard InChI is InChI=1S/C25H23F3N6O5/c1-29-23(37)19-17(35)18(36)24(38-19)34-12-31-16-21(30-11-13-7-3-2-4-8-13)32-20(33-22(16)34)14-9-5-6-10-15(14)39-25(26,27)28/h2-10,12,17-19,24,35-36H,11H2,1H3,(H,29,37)(H,30,32,33). The second-order valence-corrected chi connectivity index (χ2v) is 8.65. The molecule has 4 unspecified atom stereocenters. The molecule has 1 fully saturated rings. The number of halogens is 3. The number of ether oxygens (including phenoxy) is 2. The fourth-order valence-corrected chi connectivity index (χ4v) is 4.24. The lowest BCUT2D eigenvalue weighted by Crippen LogP contribution is -2.41. The molecule has 4 N–H and O–H groups in total. The van der Waals surface area contributed by atoms with Crippen molar-refractivity contribution in [1.82, 2.24) is 24.8 Å². The molecule has 2 aromatic heterocycles. The number of amides is 1. The van der Waals surface area contributed by atoms with E-state index in [1.165, 1.54) is 36.1 Å². The average molecular weight is 544 g/mol. The number of aliphatic hydroxyl groups excluding tert-OH is 2. The first-order chi connectivity index (χ1) is 18.7. The monoisotopic (exact) mass is 544 g/mol. The highest BCUT2D eigenvalue weighted by molar-refractivity contribution is 5.86. The van der Waals surface area contributed by atoms with Crippen molar-refractivity contribution >= 4 is 22.9 Å². The molecule has 0 radical (unpaired) electrons. The Kier molecular flexibility index (Phi) is 7.08. The number of carbonyl (C=O) groups excluding carboxylic acids is 1. The normalized spacial score (nSPS) is 21.2. The molecule has 2 aromatic carbocycles. The number of carbonyl (C=O) groups is 1. The molecular formula is C25H23F3N6O5. The third-order valence-corrected chi connectivity index (χ3v) is 6.10. The summed E-state index contributed by atoms with van der Waals surface area (Å²) in [4.78, 5) is 25.4. The van der Waals surface area contributed by atoms with Crippen LogP contribution in [0.3, 0.4) is 0 Å². The van der Waals surface area contributed by atoms with E-state index >= 15 is 0 Å². The van der Waals surface area contributed by atoms with Crippen molar-refractivity contribution in [2.45, 2.75) is 37.4 Å². The van der Waals surface area contributed by atoms with Crippen molar-refractivity contribution in [3.63, 3.8) is 0 Å². The van der Waals surface area contributed by atoms with Crippen LogP contribution in [0.1, 0.15) is 11.8 Å². The van der Waals surface area contributed by atoms with E-state index in [0.717, 1.165) is 11.6 Å². The quantitative estimate of drug-likeness (QED) is 0.276. The zero-order valence-corrected chi connectivity index (χ0v) is 20.3. The topological polar surface area (TPSA) is 144 Å². The Morgan fingerprint density at radius 2 is 1.79 bits per heavy atom. The number of hydrogen-bond donors (Lipinski definition) is 4. The minimum Gasteiger partial charge on any atom is -0.405 e. The van der Waals surface area contributed by atoms with Gasteiger partial charge in [-0.1, -0.05) is 42.5 Å². The smallest absolute Gasteiger partial charge is 0.405 e. The van der Waals surface area contributed by atoms with Gasteiger partial charge < -0.3 is 30.3 Å². The molecule has 1 aliphatic rings. The summed E-state index contributed by atoms with van der Waals surface area (Å²) in [5.41, 5.74) is 1.14. The zero-order valence-electron chi connectivity index (χ0n) is 20.3. The Hall–Kier alpha value is -4.27. The maximum atomic E-state index is 13.1. The largest absolute Gasteiger partial charge is 0.573 e. The maximum absolute atomic E-state index is 13.1. The van der Waals surface area contributed by atoms with E-state index in [9.17, 15) is 28.2 Å². The van der Waals surface area contributed by atoms with E-state index < -0.39 is 42.6 Å². The van der Waals surface area contributed by atoms with Gasteiger partial charge in [-0.25, -0.2) is 15.0 Å². The number of nitrogens with one attached hydrogen (secondary N) is 2. The second kappa shape index (κ2) is 10.5. The summed E-state index contributed by atoms with van der Waals surface area (Å²) < 4.78 is 50.5. The first-order valence-corrected chi connectivity index (χ1v) is 11.8. The summed E-state index contributed by atoms with van der Waals surface area (Å²) in [6, 6.07) is 14.7. The van der Waals surface area contributed by atoms with Gasteiger partial charge >= 0.3 is 6.36 Å². The predicted octanol–water partition coefficient (Wildman–Crippen LogP) is 2.37. The van der Waals surface area contributed by atoms with Crippen LogP contribution in [0.5, 0.6) is 5.75 Å². The number of benzene rings is 2. The molecule has 1 amide bonds. The number of nitrogens with zero attached hydrogens (tertiary/aromatic N) is 4. The zero-order chi connectivity index (χ0) is 27.7. The SMILES string of the molecule is CNC(=O)C1OC(n2cnc3c(NCc4ccccc4)nc(-c4ccccc4OC(F)(F)F)nc32)C(O)C1O. The summed E-state index contributed by atoms with van der Waals surface area (Å²) in [5, 5.41) is 26.6. The number of fused-ring (bicyclic) bond motifs is 1. The number of para-hydroxylation sites is 1. The van der Waals surface area contributed by atoms with Gasteiger partial charge in [-0.2, -0.15) is 0 Å². The average Bonchev–Trinajstić information content (AvgIpc) is 3.47. The van der Waals surface area contributed by atoms with E-state index in [2.05, 4.69) is 30.3 Å². The van der Waals surface area contributed by atoms with Gasteiger partial charge in [0.1, 0.15) is 18.0 Å². The third kappa shape index (κ3) is 5.34. The molecule has 11 nitrogen and oxygen atoms in total. The van der Waals surface area contributed by atoms with Gasteiger partial charge in [0.25, 0.3) is 5.91 Å². The van der Waals surface area contributed by atoms with Crippen LogP contribution in [-0.2, 0) is 16.1 Å². The first kappa shape index (κ1) is 26.3. The van der Waals surface area contributed by atoms with Crippen LogP contribution in [0, 0.1) is 0 Å². The highest BCUT2D eigenvalue weighted by Crippen LogP contribution is 2.36. The highest BCUT2D eigenvalue weighted by Gasteiger charge is 2.47. The van der Waals surface area contributed by atoms with Gasteiger partial charge in [0, 0.05) is 13.6 Å². The summed E-state index contributed by atoms with van der Waals surface area (Å²) in [6.45, 7) is 0.306. The number of hydrogen-bond acceptors (Lipinski definition) is 9. The molecule has 3 heterocycles. The van der Waals surface area contributed by atoms with Crippen LogP contribution in [0.2, 0.25) is 0 Å². The number of likely N-dealkylation sites (N-methyl/N-ethyl adjacent to an activating group) is 1. The maximum Gasteiger partial charge on any atom is 0.573 e. The summed E-state index contributed by atoms with van der Waals surface area (Å²) >= 11 is 0. The number of rotatable bonds is 7. The molecular weight excluding hydrogens is 521 g/mol. The molecule has 204 valence electrons. The second-order valence-electron chi connectivity index (χ2n) is 8.65. The Labute approximate surface area is 219 Å². The van der Waals surface area contributed by atoms with Crippen LogP contribution < -0.4 is 15.4 Å². The van der Waals surface area contributed by atoms with Crippen molar-refractivity contribution < 1.29 is 37.7 Å². The minimum absolute atomic E-state index is 0.0524. The number of imidazole rings is 1. The molecule has 14 heteroatoms. The van der Waals surface area contributed by atoms with Crippen LogP contribution in [0.25, 0.3) is 22.6 Å². The van der Waals surface area contributed by atoms with E-state index in [1.54, 1.807) is 0 Å². The predicted molar refractivity (Wildman–Crippen MR) is 131 cm³/mol. The van der Waals surface area contributed by atoms with Gasteiger partial charge in [0.15, 0.2) is 35.1 Å². The van der Waals surface area contributed by atoms with E-state index in [-0.39, 0.29) is 28.4 Å². The number of aromatic nitrogens is 4. The first-order valence-electron chi connectivity index (χ1n) is 11.8. The van der Waals surface area contributed by atoms with E-state index in [0.29, 0.717) is 6.54 Å². The van der Waals surface area contributed by atoms with Crippen molar-refractivity contribution in [2.24, 2.45) is 0 Å². The van der Waals surface area contributed by atoms with Crippen LogP contribution in [-0.4, -0.2) is 67.4 Å².